The van der Waals surface area contributed by atoms with E-state index in [-0.39, 0.29) is 6.04 Å². The lowest BCUT2D eigenvalue weighted by molar-refractivity contribution is 0.405. The molecule has 0 saturated heterocycles. The van der Waals surface area contributed by atoms with Crippen molar-refractivity contribution in [1.82, 2.24) is 10.4 Å². The fourth-order valence-electron chi connectivity index (χ4n) is 2.26. The number of halogens is 1. The number of pyridine rings is 1. The maximum absolute atomic E-state index is 5.73. The predicted octanol–water partition coefficient (Wildman–Crippen LogP) is 2.91. The number of nitrogens with two attached hydrogens (primary N) is 1. The zero-order valence-electron chi connectivity index (χ0n) is 11.6. The number of nitrogens with one attached hydrogen (secondary N) is 1. The molecule has 0 aliphatic rings. The molecule has 0 bridgehead atoms. The highest BCUT2D eigenvalue weighted by Gasteiger charge is 2.15. The number of hydrogen-bond acceptors (Lipinski definition) is 4. The Morgan fingerprint density at radius 1 is 1.40 bits per heavy atom. The molecule has 5 heteroatoms. The van der Waals surface area contributed by atoms with Crippen LogP contribution < -0.4 is 16.0 Å². The molecule has 20 heavy (non-hydrogen) atoms. The van der Waals surface area contributed by atoms with E-state index in [2.05, 4.69) is 32.4 Å². The van der Waals surface area contributed by atoms with Crippen molar-refractivity contribution in [1.29, 1.82) is 0 Å². The van der Waals surface area contributed by atoms with Gasteiger partial charge in [0.25, 0.3) is 0 Å². The molecule has 0 amide bonds. The molecule has 106 valence electrons. The van der Waals surface area contributed by atoms with Crippen LogP contribution in [0.25, 0.3) is 0 Å². The van der Waals surface area contributed by atoms with Crippen LogP contribution in [0, 0.1) is 6.92 Å². The number of hydrogen-bond donors (Lipinski definition) is 2. The first-order valence-electron chi connectivity index (χ1n) is 6.34. The number of nitrogens with zero attached hydrogens (tertiary/aromatic N) is 1. The second kappa shape index (κ2) is 6.83. The number of hydrazine groups is 1. The lowest BCUT2D eigenvalue weighted by Crippen LogP contribution is -2.30. The molecule has 1 aromatic heterocycles. The Morgan fingerprint density at radius 3 is 2.85 bits per heavy atom. The summed E-state index contributed by atoms with van der Waals surface area (Å²) in [7, 11) is 1.68. The number of benzene rings is 1. The summed E-state index contributed by atoms with van der Waals surface area (Å²) in [6, 6.07) is 7.97. The fraction of sp³-hybridized carbons (Fsp3) is 0.267. The third-order valence-electron chi connectivity index (χ3n) is 3.31. The van der Waals surface area contributed by atoms with Gasteiger partial charge in [-0.15, -0.1) is 0 Å². The van der Waals surface area contributed by atoms with E-state index in [1.807, 2.05) is 31.3 Å². The van der Waals surface area contributed by atoms with Gasteiger partial charge in [-0.1, -0.05) is 15.9 Å². The van der Waals surface area contributed by atoms with Gasteiger partial charge in [0.15, 0.2) is 0 Å². The predicted molar refractivity (Wildman–Crippen MR) is 83.4 cm³/mol. The Balaban J connectivity index is 2.31. The van der Waals surface area contributed by atoms with E-state index in [1.54, 1.807) is 13.3 Å². The van der Waals surface area contributed by atoms with Crippen molar-refractivity contribution >= 4 is 15.9 Å². The van der Waals surface area contributed by atoms with Crippen molar-refractivity contribution in [3.8, 4) is 5.75 Å². The van der Waals surface area contributed by atoms with Crippen molar-refractivity contribution in [2.24, 2.45) is 5.84 Å². The van der Waals surface area contributed by atoms with Crippen molar-refractivity contribution in [2.75, 3.05) is 7.11 Å². The first-order chi connectivity index (χ1) is 9.65. The van der Waals surface area contributed by atoms with Crippen LogP contribution in [-0.4, -0.2) is 12.1 Å². The maximum atomic E-state index is 5.73. The molecule has 0 aliphatic carbocycles. The monoisotopic (exact) mass is 335 g/mol. The van der Waals surface area contributed by atoms with Crippen LogP contribution in [0.4, 0.5) is 0 Å². The Hall–Kier alpha value is -1.43. The summed E-state index contributed by atoms with van der Waals surface area (Å²) < 4.78 is 6.43. The number of aryl methyl sites for hydroxylation is 1. The summed E-state index contributed by atoms with van der Waals surface area (Å²) in [4.78, 5) is 4.12. The van der Waals surface area contributed by atoms with Gasteiger partial charge in [-0.2, -0.15) is 0 Å². The van der Waals surface area contributed by atoms with Gasteiger partial charge in [-0.3, -0.25) is 16.3 Å². The van der Waals surface area contributed by atoms with Crippen LogP contribution in [0.5, 0.6) is 5.75 Å². The van der Waals surface area contributed by atoms with Gasteiger partial charge in [-0.05, 0) is 54.3 Å². The highest BCUT2D eigenvalue weighted by atomic mass is 79.9. The summed E-state index contributed by atoms with van der Waals surface area (Å²) in [5.74, 6) is 6.59. The molecule has 0 radical (unpaired) electrons. The smallest absolute Gasteiger partial charge is 0.122 e. The van der Waals surface area contributed by atoms with Gasteiger partial charge < -0.3 is 4.74 Å². The highest BCUT2D eigenvalue weighted by Crippen LogP contribution is 2.28. The molecule has 0 spiro atoms. The average Bonchev–Trinajstić information content (AvgIpc) is 2.46. The molecule has 3 N–H and O–H groups in total. The van der Waals surface area contributed by atoms with E-state index in [9.17, 15) is 0 Å². The molecular formula is C15H18BrN3O. The van der Waals surface area contributed by atoms with E-state index in [4.69, 9.17) is 10.6 Å². The van der Waals surface area contributed by atoms with Crippen molar-refractivity contribution in [2.45, 2.75) is 19.4 Å². The third kappa shape index (κ3) is 3.36. The van der Waals surface area contributed by atoms with Gasteiger partial charge in [-0.25, -0.2) is 0 Å². The molecular weight excluding hydrogens is 318 g/mol. The van der Waals surface area contributed by atoms with Crippen molar-refractivity contribution < 1.29 is 4.74 Å². The molecule has 2 aromatic rings. The SMILES string of the molecule is COc1ccc(Br)cc1CC(NN)c1ccncc1C. The lowest BCUT2D eigenvalue weighted by atomic mass is 9.97. The standard InChI is InChI=1S/C15H18BrN3O/c1-10-9-18-6-5-13(10)14(19-17)8-11-7-12(16)3-4-15(11)20-2/h3-7,9,14,19H,8,17H2,1-2H3. The molecule has 4 nitrogen and oxygen atoms in total. The summed E-state index contributed by atoms with van der Waals surface area (Å²) >= 11 is 3.49. The van der Waals surface area contributed by atoms with Crippen LogP contribution in [-0.2, 0) is 6.42 Å². The quantitative estimate of drug-likeness (QED) is 0.651. The molecule has 1 heterocycles. The van der Waals surface area contributed by atoms with Gasteiger partial charge >= 0.3 is 0 Å². The number of aromatic nitrogens is 1. The van der Waals surface area contributed by atoms with E-state index in [0.717, 1.165) is 33.3 Å². The zero-order valence-corrected chi connectivity index (χ0v) is 13.1. The minimum Gasteiger partial charge on any atom is -0.496 e. The van der Waals surface area contributed by atoms with Gasteiger partial charge in [0.2, 0.25) is 0 Å². The van der Waals surface area contributed by atoms with Crippen LogP contribution in [0.1, 0.15) is 22.7 Å². The van der Waals surface area contributed by atoms with Gasteiger partial charge in [0.05, 0.1) is 13.2 Å². The molecule has 1 unspecified atom stereocenters. The third-order valence-corrected chi connectivity index (χ3v) is 3.80. The molecule has 1 atom stereocenters. The van der Waals surface area contributed by atoms with Crippen molar-refractivity contribution in [3.05, 3.63) is 57.8 Å². The highest BCUT2D eigenvalue weighted by molar-refractivity contribution is 9.10. The largest absolute Gasteiger partial charge is 0.496 e. The Morgan fingerprint density at radius 2 is 2.20 bits per heavy atom. The normalized spacial score (nSPS) is 12.2. The molecule has 1 aromatic carbocycles. The van der Waals surface area contributed by atoms with E-state index >= 15 is 0 Å². The number of methoxy groups -OCH3 is 1. The Kier molecular flexibility index (Phi) is 5.11. The van der Waals surface area contributed by atoms with Crippen LogP contribution in [0.3, 0.4) is 0 Å². The summed E-state index contributed by atoms with van der Waals surface area (Å²) in [5.41, 5.74) is 6.24. The second-order valence-corrected chi connectivity index (χ2v) is 5.53. The minimum atomic E-state index is 0.0150. The van der Waals surface area contributed by atoms with Gasteiger partial charge in [0, 0.05) is 16.9 Å². The van der Waals surface area contributed by atoms with Crippen molar-refractivity contribution in [3.63, 3.8) is 0 Å². The van der Waals surface area contributed by atoms with Crippen LogP contribution in [0.2, 0.25) is 0 Å². The van der Waals surface area contributed by atoms with E-state index < -0.39 is 0 Å². The number of ether oxygens (including phenoxy) is 1. The molecule has 2 rings (SSSR count). The molecule has 0 saturated carbocycles. The number of rotatable bonds is 5. The van der Waals surface area contributed by atoms with E-state index in [0.29, 0.717) is 0 Å². The summed E-state index contributed by atoms with van der Waals surface area (Å²) in [6.07, 6.45) is 4.37. The summed E-state index contributed by atoms with van der Waals surface area (Å²) in [6.45, 7) is 2.03. The average molecular weight is 336 g/mol. The Labute approximate surface area is 127 Å². The van der Waals surface area contributed by atoms with Gasteiger partial charge in [0.1, 0.15) is 5.75 Å². The zero-order chi connectivity index (χ0) is 14.5. The fourth-order valence-corrected chi connectivity index (χ4v) is 2.67. The van der Waals surface area contributed by atoms with Crippen LogP contribution >= 0.6 is 15.9 Å². The molecule has 0 fully saturated rings. The summed E-state index contributed by atoms with van der Waals surface area (Å²) in [5, 5.41) is 0. The van der Waals surface area contributed by atoms with Crippen LogP contribution in [0.15, 0.2) is 41.1 Å². The topological polar surface area (TPSA) is 60.2 Å². The van der Waals surface area contributed by atoms with E-state index in [1.165, 1.54) is 0 Å². The maximum Gasteiger partial charge on any atom is 0.122 e. The molecule has 0 aliphatic heterocycles. The second-order valence-electron chi connectivity index (χ2n) is 4.61. The first-order valence-corrected chi connectivity index (χ1v) is 7.14. The Bertz CT molecular complexity index is 589. The minimum absolute atomic E-state index is 0.0150. The lowest BCUT2D eigenvalue weighted by Gasteiger charge is -2.19. The first kappa shape index (κ1) is 15.0.